The minimum Gasteiger partial charge on any atom is -0.454 e. The van der Waals surface area contributed by atoms with Crippen LogP contribution in [0.4, 0.5) is 5.82 Å². The van der Waals surface area contributed by atoms with Crippen molar-refractivity contribution in [1.82, 2.24) is 24.4 Å². The minimum absolute atomic E-state index is 0.225. The van der Waals surface area contributed by atoms with Crippen molar-refractivity contribution in [2.75, 3.05) is 38.8 Å². The van der Waals surface area contributed by atoms with Crippen LogP contribution in [0, 0.1) is 5.92 Å². The topological polar surface area (TPSA) is 112 Å². The summed E-state index contributed by atoms with van der Waals surface area (Å²) in [6.45, 7) is 4.11. The first-order valence-corrected chi connectivity index (χ1v) is 12.3. The van der Waals surface area contributed by atoms with E-state index in [2.05, 4.69) is 35.4 Å². The predicted octanol–water partition coefficient (Wildman–Crippen LogP) is 3.15. The summed E-state index contributed by atoms with van der Waals surface area (Å²) in [4.78, 5) is 16.7. The van der Waals surface area contributed by atoms with Crippen LogP contribution < -0.4 is 15.2 Å². The lowest BCUT2D eigenvalue weighted by Crippen LogP contribution is -2.35. The van der Waals surface area contributed by atoms with E-state index in [9.17, 15) is 0 Å². The number of halogens is 1. The van der Waals surface area contributed by atoms with E-state index < -0.39 is 0 Å². The number of hydrogen-bond donors (Lipinski definition) is 2. The first kappa shape index (κ1) is 21.7. The molecule has 170 valence electrons. The Morgan fingerprint density at radius 1 is 1.16 bits per heavy atom. The van der Waals surface area contributed by atoms with Crippen LogP contribution in [0.3, 0.4) is 0 Å². The van der Waals surface area contributed by atoms with Crippen LogP contribution in [-0.4, -0.2) is 62.6 Å². The molecule has 5 rings (SSSR count). The Hall–Kier alpha value is -2.08. The van der Waals surface area contributed by atoms with Crippen LogP contribution in [0.5, 0.6) is 11.5 Å². The molecule has 9 nitrogen and oxygen atoms in total. The monoisotopic (exact) mass is 520 g/mol. The predicted molar refractivity (Wildman–Crippen MR) is 125 cm³/mol. The number of ether oxygens (including phenoxy) is 2. The van der Waals surface area contributed by atoms with Gasteiger partial charge in [0.15, 0.2) is 33.6 Å². The second kappa shape index (κ2) is 9.42. The zero-order valence-electron chi connectivity index (χ0n) is 17.5. The first-order chi connectivity index (χ1) is 15.6. The summed E-state index contributed by atoms with van der Waals surface area (Å²) in [5.74, 6) is 2.49. The average Bonchev–Trinajstić information content (AvgIpc) is 3.38. The van der Waals surface area contributed by atoms with Crippen molar-refractivity contribution < 1.29 is 14.6 Å². The fourth-order valence-electron chi connectivity index (χ4n) is 4.24. The molecule has 2 aliphatic heterocycles. The molecule has 0 atom stereocenters. The normalized spacial score (nSPS) is 16.8. The number of aryl methyl sites for hydroxylation is 1. The summed E-state index contributed by atoms with van der Waals surface area (Å²) in [6.07, 6.45) is 4.81. The molecule has 32 heavy (non-hydrogen) atoms. The van der Waals surface area contributed by atoms with E-state index >= 15 is 0 Å². The molecule has 2 aromatic heterocycles. The molecule has 1 saturated heterocycles. The number of nitrogen functional groups attached to an aromatic ring is 1. The van der Waals surface area contributed by atoms with Gasteiger partial charge in [0.1, 0.15) is 6.33 Å². The van der Waals surface area contributed by atoms with E-state index in [4.69, 9.17) is 25.3 Å². The van der Waals surface area contributed by atoms with Crippen LogP contribution in [0.15, 0.2) is 33.0 Å². The largest absolute Gasteiger partial charge is 0.454 e. The highest BCUT2D eigenvalue weighted by atomic mass is 79.9. The molecule has 0 amide bonds. The van der Waals surface area contributed by atoms with Gasteiger partial charge in [-0.2, -0.15) is 0 Å². The molecule has 4 heterocycles. The Morgan fingerprint density at radius 3 is 2.72 bits per heavy atom. The van der Waals surface area contributed by atoms with Gasteiger partial charge in [-0.1, -0.05) is 11.8 Å². The highest BCUT2D eigenvalue weighted by molar-refractivity contribution is 9.10. The van der Waals surface area contributed by atoms with E-state index in [1.807, 2.05) is 12.1 Å². The standard InChI is InChI=1S/C21H25BrN6O3S/c22-14-9-15-16(31-12-30-15)10-17(14)32-21-26-18-19(23)24-11-25-20(18)28(21)6-3-13-1-4-27(5-2-13)7-8-29/h9-11,13,29H,1-8,12H2,(H2,23,24,25). The number of imidazole rings is 1. The van der Waals surface area contributed by atoms with Crippen molar-refractivity contribution in [3.05, 3.63) is 22.9 Å². The number of piperidine rings is 1. The quantitative estimate of drug-likeness (QED) is 0.484. The molecular weight excluding hydrogens is 496 g/mol. The fourth-order valence-corrected chi connectivity index (χ4v) is 5.75. The van der Waals surface area contributed by atoms with Gasteiger partial charge in [-0.25, -0.2) is 15.0 Å². The smallest absolute Gasteiger partial charge is 0.231 e. The number of anilines is 1. The summed E-state index contributed by atoms with van der Waals surface area (Å²) >= 11 is 5.19. The second-order valence-corrected chi connectivity index (χ2v) is 9.88. The third-order valence-corrected chi connectivity index (χ3v) is 8.01. The van der Waals surface area contributed by atoms with Crippen molar-refractivity contribution >= 4 is 44.7 Å². The van der Waals surface area contributed by atoms with Gasteiger partial charge < -0.3 is 29.8 Å². The van der Waals surface area contributed by atoms with E-state index in [-0.39, 0.29) is 13.4 Å². The highest BCUT2D eigenvalue weighted by Gasteiger charge is 2.23. The maximum atomic E-state index is 9.16. The van der Waals surface area contributed by atoms with Crippen LogP contribution in [0.1, 0.15) is 19.3 Å². The third-order valence-electron chi connectivity index (χ3n) is 6.04. The Bertz CT molecular complexity index is 1120. The van der Waals surface area contributed by atoms with Crippen molar-refractivity contribution in [3.63, 3.8) is 0 Å². The Balaban J connectivity index is 1.39. The van der Waals surface area contributed by atoms with E-state index in [1.54, 1.807) is 11.8 Å². The zero-order chi connectivity index (χ0) is 22.1. The van der Waals surface area contributed by atoms with Crippen LogP contribution in [0.25, 0.3) is 11.2 Å². The van der Waals surface area contributed by atoms with E-state index in [1.165, 1.54) is 6.33 Å². The van der Waals surface area contributed by atoms with Gasteiger partial charge in [-0.3, -0.25) is 0 Å². The Kier molecular flexibility index (Phi) is 6.40. The van der Waals surface area contributed by atoms with Crippen molar-refractivity contribution in [1.29, 1.82) is 0 Å². The molecular formula is C21H25BrN6O3S. The van der Waals surface area contributed by atoms with Crippen molar-refractivity contribution in [2.24, 2.45) is 5.92 Å². The average molecular weight is 521 g/mol. The van der Waals surface area contributed by atoms with Gasteiger partial charge in [0.2, 0.25) is 6.79 Å². The molecule has 3 aromatic rings. The van der Waals surface area contributed by atoms with Gasteiger partial charge >= 0.3 is 0 Å². The van der Waals surface area contributed by atoms with E-state index in [0.29, 0.717) is 17.3 Å². The number of aromatic nitrogens is 4. The molecule has 1 fully saturated rings. The first-order valence-electron chi connectivity index (χ1n) is 10.7. The van der Waals surface area contributed by atoms with Crippen molar-refractivity contribution in [3.8, 4) is 11.5 Å². The number of likely N-dealkylation sites (tertiary alicyclic amines) is 1. The molecule has 0 aliphatic carbocycles. The third kappa shape index (κ3) is 4.39. The molecule has 1 aromatic carbocycles. The molecule has 0 spiro atoms. The molecule has 0 bridgehead atoms. The Labute approximate surface area is 198 Å². The van der Waals surface area contributed by atoms with Gasteiger partial charge in [0.25, 0.3) is 0 Å². The highest BCUT2D eigenvalue weighted by Crippen LogP contribution is 2.43. The summed E-state index contributed by atoms with van der Waals surface area (Å²) in [5.41, 5.74) is 7.50. The molecule has 0 saturated carbocycles. The number of β-amino-alcohol motifs (C(OH)–C–C–N with tert-alkyl or cyclic N) is 1. The zero-order valence-corrected chi connectivity index (χ0v) is 19.9. The number of nitrogens with zero attached hydrogens (tertiary/aromatic N) is 5. The van der Waals surface area contributed by atoms with Crippen LogP contribution in [-0.2, 0) is 6.54 Å². The number of fused-ring (bicyclic) bond motifs is 2. The number of nitrogens with two attached hydrogens (primary N) is 1. The fraction of sp³-hybridized carbons (Fsp3) is 0.476. The molecule has 0 radical (unpaired) electrons. The summed E-state index contributed by atoms with van der Waals surface area (Å²) in [5, 5.41) is 9.99. The summed E-state index contributed by atoms with van der Waals surface area (Å²) < 4.78 is 14.1. The molecule has 3 N–H and O–H groups in total. The minimum atomic E-state index is 0.225. The number of rotatable bonds is 7. The summed E-state index contributed by atoms with van der Waals surface area (Å²) in [6, 6.07) is 3.89. The second-order valence-electron chi connectivity index (χ2n) is 8.01. The maximum Gasteiger partial charge on any atom is 0.231 e. The number of aliphatic hydroxyl groups is 1. The molecule has 11 heteroatoms. The van der Waals surface area contributed by atoms with Crippen LogP contribution in [0.2, 0.25) is 0 Å². The lowest BCUT2D eigenvalue weighted by Gasteiger charge is -2.31. The molecule has 0 unspecified atom stereocenters. The lowest BCUT2D eigenvalue weighted by atomic mass is 9.93. The Morgan fingerprint density at radius 2 is 1.94 bits per heavy atom. The lowest BCUT2D eigenvalue weighted by molar-refractivity contribution is 0.142. The van der Waals surface area contributed by atoms with Crippen molar-refractivity contribution in [2.45, 2.75) is 35.9 Å². The van der Waals surface area contributed by atoms with E-state index in [0.717, 1.165) is 77.1 Å². The number of benzene rings is 1. The van der Waals surface area contributed by atoms with Crippen LogP contribution >= 0.6 is 27.7 Å². The van der Waals surface area contributed by atoms with Gasteiger partial charge in [0, 0.05) is 22.5 Å². The van der Waals surface area contributed by atoms with Gasteiger partial charge in [-0.05, 0) is 66.3 Å². The SMILES string of the molecule is Nc1ncnc2c1nc(Sc1cc3c(cc1Br)OCO3)n2CCC1CCN(CCO)CC1. The summed E-state index contributed by atoms with van der Waals surface area (Å²) in [7, 11) is 0. The number of hydrogen-bond acceptors (Lipinski definition) is 9. The maximum absolute atomic E-state index is 9.16. The number of aliphatic hydroxyl groups excluding tert-OH is 1. The molecule has 2 aliphatic rings. The van der Waals surface area contributed by atoms with Gasteiger partial charge in [-0.15, -0.1) is 0 Å². The van der Waals surface area contributed by atoms with Gasteiger partial charge in [0.05, 0.1) is 6.61 Å².